The molecule has 0 aliphatic heterocycles. The minimum Gasteiger partial charge on any atom is -0.487 e. The van der Waals surface area contributed by atoms with Crippen molar-refractivity contribution in [1.29, 1.82) is 0 Å². The zero-order valence-electron chi connectivity index (χ0n) is 15.5. The maximum Gasteiger partial charge on any atom is 0.416 e. The highest BCUT2D eigenvalue weighted by atomic mass is 35.5. The van der Waals surface area contributed by atoms with Gasteiger partial charge in [-0.1, -0.05) is 23.7 Å². The van der Waals surface area contributed by atoms with E-state index in [-0.39, 0.29) is 35.4 Å². The molecule has 0 unspecified atom stereocenters. The summed E-state index contributed by atoms with van der Waals surface area (Å²) in [6.45, 7) is 0.0574. The average Bonchev–Trinajstić information content (AvgIpc) is 2.68. The number of halogens is 4. The van der Waals surface area contributed by atoms with Crippen LogP contribution in [-0.2, 0) is 12.8 Å². The van der Waals surface area contributed by atoms with E-state index in [9.17, 15) is 23.1 Å². The number of rotatable bonds is 5. The Morgan fingerprint density at radius 2 is 1.86 bits per heavy atom. The van der Waals surface area contributed by atoms with Gasteiger partial charge in [-0.2, -0.15) is 13.2 Å². The molecule has 0 bridgehead atoms. The van der Waals surface area contributed by atoms with Crippen LogP contribution < -0.4 is 10.1 Å². The summed E-state index contributed by atoms with van der Waals surface area (Å²) in [6, 6.07) is 9.77. The van der Waals surface area contributed by atoms with E-state index in [0.29, 0.717) is 24.0 Å². The minimum atomic E-state index is -4.47. The molecule has 0 atom stereocenters. The summed E-state index contributed by atoms with van der Waals surface area (Å²) in [7, 11) is 0. The summed E-state index contributed by atoms with van der Waals surface area (Å²) >= 11 is 5.90. The van der Waals surface area contributed by atoms with Crippen LogP contribution in [0.3, 0.4) is 0 Å². The number of amides is 1. The molecular weight excluding hydrogens is 407 g/mol. The molecule has 2 aromatic rings. The van der Waals surface area contributed by atoms with Gasteiger partial charge < -0.3 is 15.2 Å². The number of aliphatic hydroxyl groups excluding tert-OH is 1. The number of ether oxygens (including phenoxy) is 1. The fourth-order valence-electron chi connectivity index (χ4n) is 3.25. The number of hydrogen-bond acceptors (Lipinski definition) is 3. The van der Waals surface area contributed by atoms with Gasteiger partial charge in [-0.05, 0) is 61.6 Å². The van der Waals surface area contributed by atoms with Crippen molar-refractivity contribution in [1.82, 2.24) is 5.32 Å². The van der Waals surface area contributed by atoms with Crippen molar-refractivity contribution in [3.05, 3.63) is 64.2 Å². The van der Waals surface area contributed by atoms with E-state index in [1.54, 1.807) is 24.3 Å². The first-order valence-corrected chi connectivity index (χ1v) is 9.67. The second kappa shape index (κ2) is 9.05. The minimum absolute atomic E-state index is 0.0387. The Labute approximate surface area is 171 Å². The van der Waals surface area contributed by atoms with Crippen LogP contribution in [0.15, 0.2) is 42.5 Å². The molecule has 1 aliphatic rings. The van der Waals surface area contributed by atoms with Crippen LogP contribution in [0.25, 0.3) is 0 Å². The number of carbonyl (C=O) groups excluding carboxylic acids is 1. The van der Waals surface area contributed by atoms with Crippen LogP contribution in [-0.4, -0.2) is 23.2 Å². The maximum atomic E-state index is 12.7. The van der Waals surface area contributed by atoms with Crippen molar-refractivity contribution in [2.45, 2.75) is 50.6 Å². The van der Waals surface area contributed by atoms with E-state index in [0.717, 1.165) is 25.0 Å². The maximum absolute atomic E-state index is 12.7. The molecule has 29 heavy (non-hydrogen) atoms. The summed E-state index contributed by atoms with van der Waals surface area (Å²) in [5.41, 5.74) is 0.312. The summed E-state index contributed by atoms with van der Waals surface area (Å²) < 4.78 is 43.7. The fraction of sp³-hybridized carbons (Fsp3) is 0.381. The molecule has 8 heteroatoms. The molecule has 3 rings (SSSR count). The van der Waals surface area contributed by atoms with Crippen molar-refractivity contribution in [2.24, 2.45) is 0 Å². The third-order valence-corrected chi connectivity index (χ3v) is 5.17. The van der Waals surface area contributed by atoms with Gasteiger partial charge in [0.2, 0.25) is 0 Å². The van der Waals surface area contributed by atoms with Crippen LogP contribution in [0.4, 0.5) is 13.2 Å². The van der Waals surface area contributed by atoms with Crippen molar-refractivity contribution in [3.8, 4) is 5.75 Å². The van der Waals surface area contributed by atoms with E-state index in [1.807, 2.05) is 0 Å². The third kappa shape index (κ3) is 5.87. The van der Waals surface area contributed by atoms with Crippen LogP contribution in [0, 0.1) is 0 Å². The Hall–Kier alpha value is -2.25. The molecule has 0 radical (unpaired) electrons. The first kappa shape index (κ1) is 21.5. The Kier molecular flexibility index (Phi) is 6.70. The van der Waals surface area contributed by atoms with Gasteiger partial charge in [-0.15, -0.1) is 0 Å². The van der Waals surface area contributed by atoms with Crippen molar-refractivity contribution >= 4 is 17.5 Å². The van der Waals surface area contributed by atoms with Gasteiger partial charge in [-0.3, -0.25) is 4.79 Å². The number of nitrogens with one attached hydrogen (secondary N) is 1. The van der Waals surface area contributed by atoms with E-state index in [1.165, 1.54) is 6.07 Å². The Morgan fingerprint density at radius 3 is 2.52 bits per heavy atom. The molecule has 2 aromatic carbocycles. The highest BCUT2D eigenvalue weighted by Gasteiger charge is 2.31. The molecule has 4 nitrogen and oxygen atoms in total. The van der Waals surface area contributed by atoms with E-state index < -0.39 is 11.7 Å². The lowest BCUT2D eigenvalue weighted by Gasteiger charge is -2.26. The predicted octanol–water partition coefficient (Wildman–Crippen LogP) is 4.97. The highest BCUT2D eigenvalue weighted by molar-refractivity contribution is 6.32. The predicted molar refractivity (Wildman–Crippen MR) is 103 cm³/mol. The number of aliphatic hydroxyl groups is 1. The van der Waals surface area contributed by atoms with Gasteiger partial charge >= 0.3 is 6.18 Å². The number of hydrogen-bond donors (Lipinski definition) is 2. The van der Waals surface area contributed by atoms with Gasteiger partial charge in [0, 0.05) is 11.6 Å². The zero-order chi connectivity index (χ0) is 21.0. The van der Waals surface area contributed by atoms with Crippen molar-refractivity contribution in [2.75, 3.05) is 0 Å². The van der Waals surface area contributed by atoms with E-state index in [4.69, 9.17) is 16.3 Å². The lowest BCUT2D eigenvalue weighted by atomic mass is 9.93. The Bertz CT molecular complexity index is 864. The molecule has 0 aromatic heterocycles. The summed E-state index contributed by atoms with van der Waals surface area (Å²) in [6.07, 6.45) is -1.94. The van der Waals surface area contributed by atoms with Gasteiger partial charge in [0.05, 0.1) is 16.7 Å². The Morgan fingerprint density at radius 1 is 1.14 bits per heavy atom. The first-order valence-electron chi connectivity index (χ1n) is 9.30. The fourth-order valence-corrected chi connectivity index (χ4v) is 3.48. The molecule has 156 valence electrons. The van der Waals surface area contributed by atoms with E-state index in [2.05, 4.69) is 5.32 Å². The SMILES string of the molecule is O=C(NC1CCC(O)CC1)c1cccc(COc2ccc(C(F)(F)F)cc2Cl)c1. The van der Waals surface area contributed by atoms with Crippen LogP contribution >= 0.6 is 11.6 Å². The smallest absolute Gasteiger partial charge is 0.416 e. The summed E-state index contributed by atoms with van der Waals surface area (Å²) in [5, 5.41) is 12.4. The monoisotopic (exact) mass is 427 g/mol. The third-order valence-electron chi connectivity index (χ3n) is 4.87. The quantitative estimate of drug-likeness (QED) is 0.708. The lowest BCUT2D eigenvalue weighted by molar-refractivity contribution is -0.137. The van der Waals surface area contributed by atoms with Gasteiger partial charge in [-0.25, -0.2) is 0 Å². The molecule has 0 spiro atoms. The topological polar surface area (TPSA) is 58.6 Å². The lowest BCUT2D eigenvalue weighted by Crippen LogP contribution is -2.38. The molecule has 2 N–H and O–H groups in total. The average molecular weight is 428 g/mol. The Balaban J connectivity index is 1.60. The van der Waals surface area contributed by atoms with Gasteiger partial charge in [0.15, 0.2) is 0 Å². The highest BCUT2D eigenvalue weighted by Crippen LogP contribution is 2.35. The molecule has 1 aliphatic carbocycles. The van der Waals surface area contributed by atoms with Crippen molar-refractivity contribution in [3.63, 3.8) is 0 Å². The molecule has 1 saturated carbocycles. The normalized spacial score (nSPS) is 19.6. The van der Waals surface area contributed by atoms with Crippen LogP contribution in [0.2, 0.25) is 5.02 Å². The summed E-state index contributed by atoms with van der Waals surface area (Å²) in [4.78, 5) is 12.5. The number of benzene rings is 2. The number of alkyl halides is 3. The molecular formula is C21H21ClF3NO3. The molecule has 0 saturated heterocycles. The van der Waals surface area contributed by atoms with Crippen LogP contribution in [0.5, 0.6) is 5.75 Å². The molecule has 0 heterocycles. The number of carbonyl (C=O) groups is 1. The summed E-state index contributed by atoms with van der Waals surface area (Å²) in [5.74, 6) is -0.0731. The molecule has 1 fully saturated rings. The van der Waals surface area contributed by atoms with Crippen LogP contribution in [0.1, 0.15) is 47.2 Å². The standard InChI is InChI=1S/C21H21ClF3NO3/c22-18-11-15(21(23,24)25)4-9-19(18)29-12-13-2-1-3-14(10-13)20(28)26-16-5-7-17(27)8-6-16/h1-4,9-11,16-17,27H,5-8,12H2,(H,26,28). The zero-order valence-corrected chi connectivity index (χ0v) is 16.3. The van der Waals surface area contributed by atoms with Gasteiger partial charge in [0.25, 0.3) is 5.91 Å². The van der Waals surface area contributed by atoms with E-state index >= 15 is 0 Å². The molecule has 1 amide bonds. The van der Waals surface area contributed by atoms with Gasteiger partial charge in [0.1, 0.15) is 12.4 Å². The second-order valence-electron chi connectivity index (χ2n) is 7.11. The van der Waals surface area contributed by atoms with Crippen molar-refractivity contribution < 1.29 is 27.8 Å². The first-order chi connectivity index (χ1) is 13.7. The largest absolute Gasteiger partial charge is 0.487 e. The second-order valence-corrected chi connectivity index (χ2v) is 7.52.